The quantitative estimate of drug-likeness (QED) is 0.256. The highest BCUT2D eigenvalue weighted by atomic mass is 32.2. The van der Waals surface area contributed by atoms with Gasteiger partial charge in [-0.2, -0.15) is 5.01 Å². The number of nitro benzene ring substituents is 1. The van der Waals surface area contributed by atoms with Crippen LogP contribution >= 0.6 is 24.0 Å². The second-order valence-electron chi connectivity index (χ2n) is 6.29. The van der Waals surface area contributed by atoms with Crippen molar-refractivity contribution in [3.63, 3.8) is 0 Å². The number of nitrogens with one attached hydrogen (secondary N) is 1. The summed E-state index contributed by atoms with van der Waals surface area (Å²) >= 11 is 6.17. The summed E-state index contributed by atoms with van der Waals surface area (Å²) in [5.74, 6) is -1.81. The number of nitrogens with zero attached hydrogens (tertiary/aromatic N) is 2. The average molecular weight is 473 g/mol. The van der Waals surface area contributed by atoms with Crippen molar-refractivity contribution in [1.29, 1.82) is 0 Å². The monoisotopic (exact) mass is 473 g/mol. The molecule has 3 rings (SSSR count). The molecular formula is C20H15N3O7S2. The van der Waals surface area contributed by atoms with Gasteiger partial charge in [-0.15, -0.1) is 0 Å². The number of amides is 2. The van der Waals surface area contributed by atoms with Crippen LogP contribution in [0, 0.1) is 10.1 Å². The first-order valence-corrected chi connectivity index (χ1v) is 10.3. The molecule has 1 aliphatic rings. The molecular weight excluding hydrogens is 458 g/mol. The maximum atomic E-state index is 12.8. The van der Waals surface area contributed by atoms with E-state index in [0.29, 0.717) is 11.3 Å². The maximum Gasteiger partial charge on any atom is 0.306 e. The van der Waals surface area contributed by atoms with E-state index in [-0.39, 0.29) is 33.5 Å². The molecule has 0 unspecified atom stereocenters. The summed E-state index contributed by atoms with van der Waals surface area (Å²) in [5, 5.41) is 20.4. The number of aliphatic carboxylic acids is 1. The number of benzene rings is 2. The SMILES string of the molecule is O=C(O)CCOc1ccccc1/C=C1/SC(=S)N(NC(=O)c2ccc([N+](=O)[O-])cc2)C1=O. The molecule has 12 heteroatoms. The average Bonchev–Trinajstić information content (AvgIpc) is 3.02. The molecule has 32 heavy (non-hydrogen) atoms. The summed E-state index contributed by atoms with van der Waals surface area (Å²) < 4.78 is 5.58. The largest absolute Gasteiger partial charge is 0.492 e. The second kappa shape index (κ2) is 10.0. The molecule has 0 bridgehead atoms. The van der Waals surface area contributed by atoms with Gasteiger partial charge in [0.2, 0.25) is 0 Å². The summed E-state index contributed by atoms with van der Waals surface area (Å²) in [5.41, 5.74) is 2.89. The standard InChI is InChI=1S/C20H15N3O7S2/c24-17(25)9-10-30-15-4-2-1-3-13(15)11-16-19(27)22(20(31)32-16)21-18(26)12-5-7-14(8-6-12)23(28)29/h1-8,11H,9-10H2,(H,21,26)(H,24,25)/b16-11+. The van der Waals surface area contributed by atoms with E-state index in [1.165, 1.54) is 30.3 Å². The van der Waals surface area contributed by atoms with E-state index >= 15 is 0 Å². The first-order chi connectivity index (χ1) is 15.3. The Hall–Kier alpha value is -3.77. The molecule has 1 heterocycles. The summed E-state index contributed by atoms with van der Waals surface area (Å²) in [6, 6.07) is 11.7. The van der Waals surface area contributed by atoms with Crippen LogP contribution in [0.4, 0.5) is 5.69 Å². The summed E-state index contributed by atoms with van der Waals surface area (Å²) in [4.78, 5) is 46.3. The minimum atomic E-state index is -0.993. The van der Waals surface area contributed by atoms with Gasteiger partial charge < -0.3 is 9.84 Å². The van der Waals surface area contributed by atoms with E-state index in [4.69, 9.17) is 22.1 Å². The highest BCUT2D eigenvalue weighted by Gasteiger charge is 2.34. The van der Waals surface area contributed by atoms with E-state index in [9.17, 15) is 24.5 Å². The third-order valence-corrected chi connectivity index (χ3v) is 5.43. The number of thioether (sulfide) groups is 1. The second-order valence-corrected chi connectivity index (χ2v) is 7.97. The predicted molar refractivity (Wildman–Crippen MR) is 120 cm³/mol. The maximum absolute atomic E-state index is 12.8. The summed E-state index contributed by atoms with van der Waals surface area (Å²) in [6.45, 7) is -0.0353. The molecule has 1 fully saturated rings. The van der Waals surface area contributed by atoms with Crippen molar-refractivity contribution >= 4 is 57.8 Å². The van der Waals surface area contributed by atoms with Crippen LogP contribution < -0.4 is 10.2 Å². The van der Waals surface area contributed by atoms with Crippen molar-refractivity contribution in [3.8, 4) is 5.75 Å². The number of para-hydroxylation sites is 1. The molecule has 2 aromatic rings. The van der Waals surface area contributed by atoms with Gasteiger partial charge in [0.05, 0.1) is 22.9 Å². The highest BCUT2D eigenvalue weighted by molar-refractivity contribution is 8.26. The third-order valence-electron chi connectivity index (χ3n) is 4.13. The highest BCUT2D eigenvalue weighted by Crippen LogP contribution is 2.33. The van der Waals surface area contributed by atoms with E-state index in [2.05, 4.69) is 5.43 Å². The Balaban J connectivity index is 1.73. The topological polar surface area (TPSA) is 139 Å². The molecule has 2 amide bonds. The molecule has 2 N–H and O–H groups in total. The van der Waals surface area contributed by atoms with Crippen LogP contribution in [-0.2, 0) is 9.59 Å². The number of carbonyl (C=O) groups excluding carboxylic acids is 2. The number of ether oxygens (including phenoxy) is 1. The number of carbonyl (C=O) groups is 3. The molecule has 0 aromatic heterocycles. The Bertz CT molecular complexity index is 1130. The van der Waals surface area contributed by atoms with Gasteiger partial charge in [-0.3, -0.25) is 29.9 Å². The van der Waals surface area contributed by atoms with Crippen molar-refractivity contribution in [1.82, 2.24) is 10.4 Å². The zero-order valence-corrected chi connectivity index (χ0v) is 17.9. The van der Waals surface area contributed by atoms with Crippen molar-refractivity contribution in [2.45, 2.75) is 6.42 Å². The summed E-state index contributed by atoms with van der Waals surface area (Å²) in [7, 11) is 0. The molecule has 0 spiro atoms. The zero-order valence-electron chi connectivity index (χ0n) is 16.2. The van der Waals surface area contributed by atoms with Gasteiger partial charge in [0.25, 0.3) is 17.5 Å². The van der Waals surface area contributed by atoms with Gasteiger partial charge in [0, 0.05) is 23.3 Å². The number of hydrogen-bond donors (Lipinski definition) is 2. The van der Waals surface area contributed by atoms with Crippen LogP contribution in [0.25, 0.3) is 6.08 Å². The molecule has 0 radical (unpaired) electrons. The fraction of sp³-hybridized carbons (Fsp3) is 0.100. The lowest BCUT2D eigenvalue weighted by atomic mass is 10.2. The minimum Gasteiger partial charge on any atom is -0.492 e. The lowest BCUT2D eigenvalue weighted by molar-refractivity contribution is -0.384. The fourth-order valence-corrected chi connectivity index (χ4v) is 3.76. The molecule has 0 atom stereocenters. The number of carboxylic acids is 1. The Morgan fingerprint density at radius 2 is 1.91 bits per heavy atom. The van der Waals surface area contributed by atoms with E-state index in [0.717, 1.165) is 16.8 Å². The van der Waals surface area contributed by atoms with Gasteiger partial charge in [-0.1, -0.05) is 30.0 Å². The van der Waals surface area contributed by atoms with Gasteiger partial charge in [0.15, 0.2) is 4.32 Å². The molecule has 0 aliphatic carbocycles. The van der Waals surface area contributed by atoms with Crippen LogP contribution in [0.5, 0.6) is 5.75 Å². The van der Waals surface area contributed by atoms with E-state index in [1.807, 2.05) is 0 Å². The molecule has 10 nitrogen and oxygen atoms in total. The number of non-ortho nitro benzene ring substituents is 1. The molecule has 0 saturated carbocycles. The number of carboxylic acid groups (broad SMARTS) is 1. The molecule has 164 valence electrons. The van der Waals surface area contributed by atoms with Crippen molar-refractivity contribution < 1.29 is 29.2 Å². The Kier molecular flexibility index (Phi) is 7.18. The van der Waals surface area contributed by atoms with Gasteiger partial charge >= 0.3 is 5.97 Å². The lowest BCUT2D eigenvalue weighted by Gasteiger charge is -2.15. The van der Waals surface area contributed by atoms with Crippen LogP contribution in [0.2, 0.25) is 0 Å². The predicted octanol–water partition coefficient (Wildman–Crippen LogP) is 2.99. The van der Waals surface area contributed by atoms with Crippen molar-refractivity contribution in [3.05, 3.63) is 74.7 Å². The number of nitro groups is 1. The Morgan fingerprint density at radius 3 is 2.56 bits per heavy atom. The number of rotatable bonds is 8. The van der Waals surface area contributed by atoms with E-state index < -0.39 is 22.7 Å². The lowest BCUT2D eigenvalue weighted by Crippen LogP contribution is -2.44. The Morgan fingerprint density at radius 1 is 1.22 bits per heavy atom. The summed E-state index contributed by atoms with van der Waals surface area (Å²) in [6.07, 6.45) is 1.36. The first-order valence-electron chi connectivity index (χ1n) is 9.03. The van der Waals surface area contributed by atoms with Gasteiger partial charge in [0.1, 0.15) is 5.75 Å². The van der Waals surface area contributed by atoms with Gasteiger partial charge in [-0.25, -0.2) is 0 Å². The molecule has 1 saturated heterocycles. The van der Waals surface area contributed by atoms with Crippen LogP contribution in [0.15, 0.2) is 53.4 Å². The van der Waals surface area contributed by atoms with Crippen molar-refractivity contribution in [2.24, 2.45) is 0 Å². The van der Waals surface area contributed by atoms with Crippen LogP contribution in [-0.4, -0.2) is 43.7 Å². The Labute approximate surface area is 191 Å². The normalized spacial score (nSPS) is 14.5. The fourth-order valence-electron chi connectivity index (χ4n) is 2.59. The molecule has 1 aliphatic heterocycles. The van der Waals surface area contributed by atoms with E-state index in [1.54, 1.807) is 24.3 Å². The third kappa shape index (κ3) is 5.47. The number of thiocarbonyl (C=S) groups is 1. The zero-order chi connectivity index (χ0) is 23.3. The number of hydrazine groups is 1. The first kappa shape index (κ1) is 22.9. The van der Waals surface area contributed by atoms with Gasteiger partial charge in [-0.05, 0) is 36.5 Å². The number of hydrogen-bond acceptors (Lipinski definition) is 8. The van der Waals surface area contributed by atoms with Crippen LogP contribution in [0.3, 0.4) is 0 Å². The van der Waals surface area contributed by atoms with Crippen molar-refractivity contribution in [2.75, 3.05) is 6.61 Å². The minimum absolute atomic E-state index is 0.0353. The van der Waals surface area contributed by atoms with Crippen LogP contribution in [0.1, 0.15) is 22.3 Å². The molecule has 2 aromatic carbocycles. The smallest absolute Gasteiger partial charge is 0.306 e.